The molecule has 3 aliphatic rings. The molecule has 4 unspecified atom stereocenters. The highest BCUT2D eigenvalue weighted by molar-refractivity contribution is 5.81. The molecule has 0 radical (unpaired) electrons. The first kappa shape index (κ1) is 22.4. The van der Waals surface area contributed by atoms with Gasteiger partial charge in [0.2, 0.25) is 0 Å². The third-order valence-electron chi connectivity index (χ3n) is 7.32. The molecule has 0 saturated heterocycles. The number of esters is 2. The second kappa shape index (κ2) is 10.2. The van der Waals surface area contributed by atoms with E-state index in [-0.39, 0.29) is 26.4 Å². The highest BCUT2D eigenvalue weighted by Gasteiger charge is 2.52. The van der Waals surface area contributed by atoms with Crippen LogP contribution in [0.4, 0.5) is 0 Å². The van der Waals surface area contributed by atoms with Crippen LogP contribution in [0.1, 0.15) is 43.6 Å². The summed E-state index contributed by atoms with van der Waals surface area (Å²) in [5, 5.41) is 0. The minimum absolute atomic E-state index is 0.171. The lowest BCUT2D eigenvalue weighted by atomic mass is 9.82. The minimum Gasteiger partial charge on any atom is -0.490 e. The zero-order chi connectivity index (χ0) is 22.5. The highest BCUT2D eigenvalue weighted by Crippen LogP contribution is 2.62. The first-order valence-electron chi connectivity index (χ1n) is 11.6. The molecule has 1 aromatic rings. The van der Waals surface area contributed by atoms with E-state index in [0.717, 1.165) is 52.9 Å². The van der Waals surface area contributed by atoms with Crippen molar-refractivity contribution in [3.63, 3.8) is 0 Å². The maximum absolute atomic E-state index is 11.3. The Morgan fingerprint density at radius 3 is 2.03 bits per heavy atom. The van der Waals surface area contributed by atoms with Crippen molar-refractivity contribution in [1.29, 1.82) is 0 Å². The maximum atomic E-state index is 11.3. The van der Waals surface area contributed by atoms with E-state index < -0.39 is 11.9 Å². The van der Waals surface area contributed by atoms with Gasteiger partial charge in [-0.1, -0.05) is 13.2 Å². The lowest BCUT2D eigenvalue weighted by Crippen LogP contribution is -2.15. The number of rotatable bonds is 11. The van der Waals surface area contributed by atoms with E-state index in [9.17, 15) is 9.59 Å². The Kier molecular flexibility index (Phi) is 7.18. The average Bonchev–Trinajstić information content (AvgIpc) is 3.53. The van der Waals surface area contributed by atoms with Gasteiger partial charge < -0.3 is 18.9 Å². The van der Waals surface area contributed by atoms with Gasteiger partial charge in [0, 0.05) is 17.7 Å². The average molecular weight is 441 g/mol. The molecule has 0 amide bonds. The Morgan fingerprint density at radius 1 is 0.844 bits per heavy atom. The van der Waals surface area contributed by atoms with Gasteiger partial charge in [-0.15, -0.1) is 0 Å². The van der Waals surface area contributed by atoms with E-state index in [2.05, 4.69) is 19.2 Å². The molecule has 6 nitrogen and oxygen atoms in total. The molecule has 6 heteroatoms. The zero-order valence-electron chi connectivity index (χ0n) is 18.5. The van der Waals surface area contributed by atoms with Gasteiger partial charge in [0.15, 0.2) is 0 Å². The van der Waals surface area contributed by atoms with Gasteiger partial charge in [0.1, 0.15) is 37.9 Å². The van der Waals surface area contributed by atoms with Gasteiger partial charge in [0.25, 0.3) is 0 Å². The number of carbonyl (C=O) groups is 2. The number of fused-ring (bicyclic) bond motifs is 5. The third kappa shape index (κ3) is 5.00. The van der Waals surface area contributed by atoms with Gasteiger partial charge in [0.05, 0.1) is 0 Å². The van der Waals surface area contributed by atoms with E-state index in [4.69, 9.17) is 18.9 Å². The van der Waals surface area contributed by atoms with Crippen LogP contribution in [0.5, 0.6) is 11.5 Å². The standard InChI is InChI=1S/C26H32O6/c1-3-25(27)31-11-9-29-20-7-8-24(30-10-12-32-26(28)4-2)23(16-20)19-14-21-17-5-6-18(13-17)22(21)15-19/h3-4,7-8,16-19,21-22H,1-2,5-6,9-15H2. The van der Waals surface area contributed by atoms with Crippen LogP contribution >= 0.6 is 0 Å². The number of benzene rings is 1. The molecule has 0 aromatic heterocycles. The van der Waals surface area contributed by atoms with Crippen molar-refractivity contribution in [2.75, 3.05) is 26.4 Å². The van der Waals surface area contributed by atoms with Crippen LogP contribution in [0.3, 0.4) is 0 Å². The monoisotopic (exact) mass is 440 g/mol. The Bertz CT molecular complexity index is 844. The summed E-state index contributed by atoms with van der Waals surface area (Å²) < 4.78 is 21.9. The van der Waals surface area contributed by atoms with Crippen LogP contribution < -0.4 is 9.47 Å². The molecule has 0 N–H and O–H groups in total. The van der Waals surface area contributed by atoms with Crippen molar-refractivity contribution in [3.05, 3.63) is 49.1 Å². The number of hydrogen-bond acceptors (Lipinski definition) is 6. The molecule has 0 aliphatic heterocycles. The molecule has 1 aromatic carbocycles. The lowest BCUT2D eigenvalue weighted by molar-refractivity contribution is -0.139. The number of hydrogen-bond donors (Lipinski definition) is 0. The topological polar surface area (TPSA) is 71.1 Å². The van der Waals surface area contributed by atoms with E-state index in [0.29, 0.717) is 5.92 Å². The maximum Gasteiger partial charge on any atom is 0.330 e. The summed E-state index contributed by atoms with van der Waals surface area (Å²) in [4.78, 5) is 22.4. The van der Waals surface area contributed by atoms with Crippen molar-refractivity contribution in [3.8, 4) is 11.5 Å². The molecular formula is C26H32O6. The van der Waals surface area contributed by atoms with E-state index >= 15 is 0 Å². The summed E-state index contributed by atoms with van der Waals surface area (Å²) in [6.07, 6.45) is 8.90. The van der Waals surface area contributed by atoms with Crippen LogP contribution in [0.2, 0.25) is 0 Å². The summed E-state index contributed by atoms with van der Waals surface area (Å²) in [5.41, 5.74) is 1.16. The zero-order valence-corrected chi connectivity index (χ0v) is 18.5. The third-order valence-corrected chi connectivity index (χ3v) is 7.32. The van der Waals surface area contributed by atoms with Crippen LogP contribution in [-0.4, -0.2) is 38.4 Å². The molecule has 2 bridgehead atoms. The fraction of sp³-hybridized carbons (Fsp3) is 0.538. The van der Waals surface area contributed by atoms with Crippen molar-refractivity contribution < 1.29 is 28.5 Å². The Labute approximate surface area is 189 Å². The molecule has 3 saturated carbocycles. The predicted molar refractivity (Wildman–Crippen MR) is 120 cm³/mol. The fourth-order valence-electron chi connectivity index (χ4n) is 6.05. The lowest BCUT2D eigenvalue weighted by Gasteiger charge is -2.23. The van der Waals surface area contributed by atoms with E-state index in [1.54, 1.807) is 0 Å². The van der Waals surface area contributed by atoms with Crippen LogP contribution in [-0.2, 0) is 19.1 Å². The van der Waals surface area contributed by atoms with Crippen molar-refractivity contribution in [2.24, 2.45) is 23.7 Å². The molecule has 3 fully saturated rings. The molecule has 4 rings (SSSR count). The van der Waals surface area contributed by atoms with Crippen LogP contribution in [0, 0.1) is 23.7 Å². The highest BCUT2D eigenvalue weighted by atomic mass is 16.6. The summed E-state index contributed by atoms with van der Waals surface area (Å²) in [7, 11) is 0. The number of ether oxygens (including phenoxy) is 4. The smallest absolute Gasteiger partial charge is 0.330 e. The Balaban J connectivity index is 1.42. The molecule has 4 atom stereocenters. The quantitative estimate of drug-likeness (QED) is 0.288. The van der Waals surface area contributed by atoms with Gasteiger partial charge in [-0.3, -0.25) is 0 Å². The van der Waals surface area contributed by atoms with Gasteiger partial charge >= 0.3 is 11.9 Å². The molecule has 0 spiro atoms. The largest absolute Gasteiger partial charge is 0.490 e. The van der Waals surface area contributed by atoms with Gasteiger partial charge in [-0.25, -0.2) is 9.59 Å². The first-order valence-corrected chi connectivity index (χ1v) is 11.6. The van der Waals surface area contributed by atoms with Gasteiger partial charge in [-0.2, -0.15) is 0 Å². The second-order valence-corrected chi connectivity index (χ2v) is 8.97. The van der Waals surface area contributed by atoms with E-state index in [1.807, 2.05) is 12.1 Å². The molecule has 3 aliphatic carbocycles. The van der Waals surface area contributed by atoms with E-state index in [1.165, 1.54) is 32.1 Å². The Morgan fingerprint density at radius 2 is 1.44 bits per heavy atom. The SMILES string of the molecule is C=CC(=O)OCCOc1ccc(OCCOC(=O)C=C)c(C2CC3C4CCC(C4)C3C2)c1. The second-order valence-electron chi connectivity index (χ2n) is 8.97. The minimum atomic E-state index is -0.456. The molecular weight excluding hydrogens is 408 g/mol. The molecule has 32 heavy (non-hydrogen) atoms. The van der Waals surface area contributed by atoms with Gasteiger partial charge in [-0.05, 0) is 79.9 Å². The summed E-state index contributed by atoms with van der Waals surface area (Å²) in [5.74, 6) is 4.57. The summed E-state index contributed by atoms with van der Waals surface area (Å²) in [6.45, 7) is 7.70. The predicted octanol–water partition coefficient (Wildman–Crippen LogP) is 4.44. The summed E-state index contributed by atoms with van der Waals surface area (Å²) in [6, 6.07) is 5.86. The van der Waals surface area contributed by atoms with Crippen LogP contribution in [0.15, 0.2) is 43.5 Å². The molecule has 172 valence electrons. The summed E-state index contributed by atoms with van der Waals surface area (Å²) >= 11 is 0. The van der Waals surface area contributed by atoms with Crippen molar-refractivity contribution >= 4 is 11.9 Å². The molecule has 0 heterocycles. The van der Waals surface area contributed by atoms with Crippen molar-refractivity contribution in [2.45, 2.75) is 38.0 Å². The van der Waals surface area contributed by atoms with Crippen LogP contribution in [0.25, 0.3) is 0 Å². The first-order chi connectivity index (χ1) is 15.6. The fourth-order valence-corrected chi connectivity index (χ4v) is 6.05. The van der Waals surface area contributed by atoms with Crippen molar-refractivity contribution in [1.82, 2.24) is 0 Å². The Hall–Kier alpha value is -2.76. The normalized spacial score (nSPS) is 27.4. The number of carbonyl (C=O) groups excluding carboxylic acids is 2.